The minimum absolute atomic E-state index is 0.314. The molecule has 0 bridgehead atoms. The standard InChI is InChI=1S/C15H22ClNO2S/c1-3-19-14(18)15(2,17)10-4-5-11-20-13-8-6-12(16)7-9-13/h6-9H,3-5,10-11,17H2,1-2H3. The third kappa shape index (κ3) is 6.16. The lowest BCUT2D eigenvalue weighted by Crippen LogP contribution is -2.46. The Hall–Kier alpha value is -0.710. The molecule has 0 amide bonds. The van der Waals surface area contributed by atoms with Gasteiger partial charge in [0, 0.05) is 9.92 Å². The van der Waals surface area contributed by atoms with E-state index in [-0.39, 0.29) is 5.97 Å². The van der Waals surface area contributed by atoms with Gasteiger partial charge in [0.15, 0.2) is 0 Å². The SMILES string of the molecule is CCOC(=O)C(C)(N)CCCCSc1ccc(Cl)cc1. The molecular formula is C15H22ClNO2S. The van der Waals surface area contributed by atoms with E-state index in [0.29, 0.717) is 13.0 Å². The molecule has 2 N–H and O–H groups in total. The van der Waals surface area contributed by atoms with Crippen LogP contribution in [0.1, 0.15) is 33.1 Å². The molecule has 0 aromatic heterocycles. The summed E-state index contributed by atoms with van der Waals surface area (Å²) in [6.45, 7) is 3.89. The average Bonchev–Trinajstić information content (AvgIpc) is 2.40. The summed E-state index contributed by atoms with van der Waals surface area (Å²) in [5.41, 5.74) is 5.09. The molecule has 1 aromatic carbocycles. The lowest BCUT2D eigenvalue weighted by atomic mass is 9.96. The summed E-state index contributed by atoms with van der Waals surface area (Å²) in [7, 11) is 0. The van der Waals surface area contributed by atoms with Crippen molar-refractivity contribution in [1.82, 2.24) is 0 Å². The summed E-state index contributed by atoms with van der Waals surface area (Å²) >= 11 is 7.62. The maximum absolute atomic E-state index is 11.6. The number of hydrogen-bond acceptors (Lipinski definition) is 4. The number of hydrogen-bond donors (Lipinski definition) is 1. The van der Waals surface area contributed by atoms with Crippen LogP contribution in [-0.4, -0.2) is 23.9 Å². The smallest absolute Gasteiger partial charge is 0.325 e. The zero-order valence-electron chi connectivity index (χ0n) is 12.0. The van der Waals surface area contributed by atoms with Gasteiger partial charge in [0.1, 0.15) is 5.54 Å². The van der Waals surface area contributed by atoms with Crippen LogP contribution < -0.4 is 5.73 Å². The molecule has 0 saturated heterocycles. The molecule has 1 aromatic rings. The number of carbonyl (C=O) groups is 1. The Morgan fingerprint density at radius 1 is 1.35 bits per heavy atom. The maximum Gasteiger partial charge on any atom is 0.325 e. The number of unbranched alkanes of at least 4 members (excludes halogenated alkanes) is 1. The zero-order chi connectivity index (χ0) is 15.0. The quantitative estimate of drug-likeness (QED) is 0.449. The highest BCUT2D eigenvalue weighted by Gasteiger charge is 2.28. The van der Waals surface area contributed by atoms with E-state index in [2.05, 4.69) is 0 Å². The fourth-order valence-corrected chi connectivity index (χ4v) is 2.75. The van der Waals surface area contributed by atoms with E-state index in [1.54, 1.807) is 25.6 Å². The molecule has 0 aliphatic carbocycles. The molecule has 1 atom stereocenters. The van der Waals surface area contributed by atoms with E-state index < -0.39 is 5.54 Å². The van der Waals surface area contributed by atoms with Gasteiger partial charge in [-0.2, -0.15) is 0 Å². The van der Waals surface area contributed by atoms with Crippen LogP contribution in [-0.2, 0) is 9.53 Å². The van der Waals surface area contributed by atoms with Crippen LogP contribution in [0, 0.1) is 0 Å². The summed E-state index contributed by atoms with van der Waals surface area (Å²) < 4.78 is 4.96. The second-order valence-electron chi connectivity index (χ2n) is 4.90. The Morgan fingerprint density at radius 3 is 2.60 bits per heavy atom. The molecule has 3 nitrogen and oxygen atoms in total. The number of nitrogens with two attached hydrogens (primary N) is 1. The summed E-state index contributed by atoms with van der Waals surface area (Å²) in [5, 5.41) is 0.752. The summed E-state index contributed by atoms with van der Waals surface area (Å²) in [6, 6.07) is 7.81. The van der Waals surface area contributed by atoms with E-state index in [4.69, 9.17) is 22.1 Å². The first kappa shape index (κ1) is 17.3. The van der Waals surface area contributed by atoms with Crippen LogP contribution >= 0.6 is 23.4 Å². The topological polar surface area (TPSA) is 52.3 Å². The first-order valence-electron chi connectivity index (χ1n) is 6.80. The first-order valence-corrected chi connectivity index (χ1v) is 8.16. The molecule has 0 aliphatic rings. The van der Waals surface area contributed by atoms with E-state index >= 15 is 0 Å². The van der Waals surface area contributed by atoms with Crippen molar-refractivity contribution in [3.05, 3.63) is 29.3 Å². The van der Waals surface area contributed by atoms with E-state index in [0.717, 1.165) is 23.6 Å². The van der Waals surface area contributed by atoms with Crippen LogP contribution in [0.15, 0.2) is 29.2 Å². The third-order valence-electron chi connectivity index (χ3n) is 2.91. The van der Waals surface area contributed by atoms with Crippen LogP contribution in [0.3, 0.4) is 0 Å². The summed E-state index contributed by atoms with van der Waals surface area (Å²) in [6.07, 6.45) is 2.57. The number of esters is 1. The van der Waals surface area contributed by atoms with Gasteiger partial charge < -0.3 is 10.5 Å². The highest BCUT2D eigenvalue weighted by Crippen LogP contribution is 2.22. The second-order valence-corrected chi connectivity index (χ2v) is 6.50. The Labute approximate surface area is 130 Å². The summed E-state index contributed by atoms with van der Waals surface area (Å²) in [5.74, 6) is 0.686. The maximum atomic E-state index is 11.6. The molecule has 1 unspecified atom stereocenters. The van der Waals surface area contributed by atoms with Crippen molar-refractivity contribution in [2.75, 3.05) is 12.4 Å². The first-order chi connectivity index (χ1) is 9.45. The van der Waals surface area contributed by atoms with Crippen molar-refractivity contribution in [1.29, 1.82) is 0 Å². The predicted molar refractivity (Wildman–Crippen MR) is 85.3 cm³/mol. The fraction of sp³-hybridized carbons (Fsp3) is 0.533. The van der Waals surface area contributed by atoms with Crippen molar-refractivity contribution in [2.24, 2.45) is 5.73 Å². The van der Waals surface area contributed by atoms with Gasteiger partial charge in [-0.3, -0.25) is 4.79 Å². The highest BCUT2D eigenvalue weighted by atomic mass is 35.5. The van der Waals surface area contributed by atoms with E-state index in [1.807, 2.05) is 24.3 Å². The monoisotopic (exact) mass is 315 g/mol. The van der Waals surface area contributed by atoms with Crippen LogP contribution in [0.25, 0.3) is 0 Å². The van der Waals surface area contributed by atoms with E-state index in [1.165, 1.54) is 4.90 Å². The Balaban J connectivity index is 2.21. The number of thioether (sulfide) groups is 1. The van der Waals surface area contributed by atoms with E-state index in [9.17, 15) is 4.79 Å². The molecule has 0 saturated carbocycles. The van der Waals surface area contributed by atoms with Gasteiger partial charge >= 0.3 is 5.97 Å². The number of ether oxygens (including phenoxy) is 1. The third-order valence-corrected chi connectivity index (χ3v) is 4.26. The molecule has 0 spiro atoms. The van der Waals surface area contributed by atoms with Crippen molar-refractivity contribution in [3.8, 4) is 0 Å². The minimum Gasteiger partial charge on any atom is -0.465 e. The van der Waals surface area contributed by atoms with Gasteiger partial charge in [0.05, 0.1) is 6.61 Å². The van der Waals surface area contributed by atoms with Gasteiger partial charge in [0.2, 0.25) is 0 Å². The Bertz CT molecular complexity index is 420. The van der Waals surface area contributed by atoms with Crippen molar-refractivity contribution in [3.63, 3.8) is 0 Å². The van der Waals surface area contributed by atoms with Gasteiger partial charge in [0.25, 0.3) is 0 Å². The Morgan fingerprint density at radius 2 is 2.00 bits per heavy atom. The van der Waals surface area contributed by atoms with Crippen LogP contribution in [0.2, 0.25) is 5.02 Å². The van der Waals surface area contributed by atoms with Crippen LogP contribution in [0.5, 0.6) is 0 Å². The normalized spacial score (nSPS) is 13.8. The predicted octanol–water partition coefficient (Wildman–Crippen LogP) is 3.88. The lowest BCUT2D eigenvalue weighted by molar-refractivity contribution is -0.149. The Kier molecular flexibility index (Phi) is 7.41. The number of rotatable bonds is 8. The molecule has 1 rings (SSSR count). The molecule has 0 fully saturated rings. The zero-order valence-corrected chi connectivity index (χ0v) is 13.6. The molecule has 0 aliphatic heterocycles. The molecule has 0 radical (unpaired) electrons. The second kappa shape index (κ2) is 8.55. The van der Waals surface area contributed by atoms with Crippen molar-refractivity contribution < 1.29 is 9.53 Å². The van der Waals surface area contributed by atoms with Gasteiger partial charge in [-0.1, -0.05) is 18.0 Å². The van der Waals surface area contributed by atoms with Gasteiger partial charge in [-0.05, 0) is 56.7 Å². The number of halogens is 1. The fourth-order valence-electron chi connectivity index (χ4n) is 1.71. The highest BCUT2D eigenvalue weighted by molar-refractivity contribution is 7.99. The van der Waals surface area contributed by atoms with Crippen LogP contribution in [0.4, 0.5) is 0 Å². The number of carbonyl (C=O) groups excluding carboxylic acids is 1. The van der Waals surface area contributed by atoms with Gasteiger partial charge in [-0.15, -0.1) is 11.8 Å². The lowest BCUT2D eigenvalue weighted by Gasteiger charge is -2.21. The van der Waals surface area contributed by atoms with Gasteiger partial charge in [-0.25, -0.2) is 0 Å². The molecular weight excluding hydrogens is 294 g/mol. The molecule has 0 heterocycles. The minimum atomic E-state index is -0.874. The van der Waals surface area contributed by atoms with Crippen molar-refractivity contribution >= 4 is 29.3 Å². The molecule has 20 heavy (non-hydrogen) atoms. The largest absolute Gasteiger partial charge is 0.465 e. The summed E-state index contributed by atoms with van der Waals surface area (Å²) in [4.78, 5) is 12.8. The van der Waals surface area contributed by atoms with Crippen molar-refractivity contribution in [2.45, 2.75) is 43.5 Å². The molecule has 112 valence electrons. The number of benzene rings is 1. The molecule has 5 heteroatoms. The average molecular weight is 316 g/mol.